The van der Waals surface area contributed by atoms with E-state index in [-0.39, 0.29) is 30.7 Å². The van der Waals surface area contributed by atoms with Crippen molar-refractivity contribution < 1.29 is 19.1 Å². The van der Waals surface area contributed by atoms with Gasteiger partial charge in [0, 0.05) is 0 Å². The molecule has 0 saturated carbocycles. The van der Waals surface area contributed by atoms with Crippen LogP contribution in [0.1, 0.15) is 36.9 Å². The number of hydrogen-bond acceptors (Lipinski definition) is 4. The molecule has 180 valence electrons. The van der Waals surface area contributed by atoms with Crippen LogP contribution in [0.25, 0.3) is 0 Å². The van der Waals surface area contributed by atoms with Crippen molar-refractivity contribution in [2.45, 2.75) is 43.0 Å². The van der Waals surface area contributed by atoms with Crippen LogP contribution in [0.4, 0.5) is 0 Å². The summed E-state index contributed by atoms with van der Waals surface area (Å²) in [5.74, 6) is -0.539. The topological polar surface area (TPSA) is 55.8 Å². The molecule has 2 aliphatic heterocycles. The Morgan fingerprint density at radius 1 is 1.00 bits per heavy atom. The van der Waals surface area contributed by atoms with E-state index in [0.717, 1.165) is 22.0 Å². The number of hydrogen-bond donors (Lipinski definition) is 0. The van der Waals surface area contributed by atoms with Crippen molar-refractivity contribution in [3.8, 4) is 0 Å². The minimum absolute atomic E-state index is 0.0521. The van der Waals surface area contributed by atoms with E-state index in [9.17, 15) is 9.59 Å². The Kier molecular flexibility index (Phi) is 7.05. The fourth-order valence-electron chi connectivity index (χ4n) is 5.02. The third-order valence-corrected chi connectivity index (χ3v) is 9.72. The van der Waals surface area contributed by atoms with Crippen molar-refractivity contribution in [2.75, 3.05) is 6.61 Å². The van der Waals surface area contributed by atoms with Gasteiger partial charge in [0.25, 0.3) is 0 Å². The quantitative estimate of drug-likeness (QED) is 0.258. The van der Waals surface area contributed by atoms with Crippen molar-refractivity contribution in [2.24, 2.45) is 5.92 Å². The molecular weight excluding hydrogens is 505 g/mol. The predicted molar refractivity (Wildman–Crippen MR) is 135 cm³/mol. The van der Waals surface area contributed by atoms with E-state index in [2.05, 4.69) is 6.92 Å². The number of piperidine rings is 1. The fraction of sp³-hybridized carbons (Fsp3) is 0.310. The number of benzene rings is 3. The van der Waals surface area contributed by atoms with Crippen molar-refractivity contribution in [3.05, 3.63) is 102 Å². The van der Waals surface area contributed by atoms with E-state index in [1.54, 1.807) is 0 Å². The Balaban J connectivity index is 1.52. The molecule has 0 radical (unpaired) electrons. The van der Waals surface area contributed by atoms with E-state index < -0.39 is 25.2 Å². The molecule has 5 rings (SSSR count). The van der Waals surface area contributed by atoms with Gasteiger partial charge < -0.3 is 0 Å². The summed E-state index contributed by atoms with van der Waals surface area (Å²) in [7, 11) is 0. The first kappa shape index (κ1) is 23.8. The normalized spacial score (nSPS) is 25.8. The summed E-state index contributed by atoms with van der Waals surface area (Å²) in [6.07, 6.45) is 0.932. The number of amides is 1. The van der Waals surface area contributed by atoms with Crippen LogP contribution in [0.5, 0.6) is 0 Å². The van der Waals surface area contributed by atoms with Gasteiger partial charge in [-0.25, -0.2) is 0 Å². The Bertz CT molecular complexity index is 1160. The van der Waals surface area contributed by atoms with E-state index >= 15 is 0 Å². The molecule has 0 spiro atoms. The average molecular weight is 535 g/mol. The fourth-order valence-corrected chi connectivity index (χ4v) is 7.81. The summed E-state index contributed by atoms with van der Waals surface area (Å²) in [5.41, 5.74) is 1.93. The second-order valence-electron chi connectivity index (χ2n) is 9.04. The molecule has 0 aromatic heterocycles. The van der Waals surface area contributed by atoms with Crippen molar-refractivity contribution >= 4 is 31.3 Å². The molecule has 2 heterocycles. The molecule has 4 atom stereocenters. The van der Waals surface area contributed by atoms with Crippen molar-refractivity contribution in [1.29, 1.82) is 0 Å². The summed E-state index contributed by atoms with van der Waals surface area (Å²) in [4.78, 5) is 30.1. The number of fused-ring (bicyclic) bond motifs is 1. The van der Waals surface area contributed by atoms with Gasteiger partial charge in [-0.2, -0.15) is 0 Å². The molecule has 0 bridgehead atoms. The zero-order valence-electron chi connectivity index (χ0n) is 19.7. The van der Waals surface area contributed by atoms with Gasteiger partial charge in [-0.3, -0.25) is 0 Å². The second kappa shape index (κ2) is 10.4. The van der Waals surface area contributed by atoms with Crippen LogP contribution in [0, 0.1) is 5.92 Å². The van der Waals surface area contributed by atoms with Crippen LogP contribution in [0.15, 0.2) is 91.0 Å². The third-order valence-electron chi connectivity index (χ3n) is 6.85. The molecule has 0 aliphatic carbocycles. The van der Waals surface area contributed by atoms with Crippen molar-refractivity contribution in [3.63, 3.8) is 0 Å². The monoisotopic (exact) mass is 535 g/mol. The van der Waals surface area contributed by atoms with E-state index in [1.165, 1.54) is 0 Å². The number of rotatable bonds is 7. The third kappa shape index (κ3) is 4.66. The number of carbonyl (C=O) groups excluding carboxylic acids is 2. The first-order valence-electron chi connectivity index (χ1n) is 12.1. The molecule has 5 nitrogen and oxygen atoms in total. The maximum atomic E-state index is 14.4. The van der Waals surface area contributed by atoms with Crippen LogP contribution >= 0.6 is 0 Å². The van der Waals surface area contributed by atoms with Gasteiger partial charge in [0.15, 0.2) is 0 Å². The Morgan fingerprint density at radius 3 is 2.29 bits per heavy atom. The molecule has 0 N–H and O–H groups in total. The van der Waals surface area contributed by atoms with Crippen LogP contribution in [0.2, 0.25) is 4.31 Å². The first-order chi connectivity index (χ1) is 17.1. The predicted octanol–water partition coefficient (Wildman–Crippen LogP) is 4.27. The number of nitrogens with zero attached hydrogens (tertiary/aromatic N) is 1. The molecule has 2 fully saturated rings. The van der Waals surface area contributed by atoms with Gasteiger partial charge in [0.05, 0.1) is 0 Å². The van der Waals surface area contributed by atoms with Crippen LogP contribution in [-0.4, -0.2) is 44.6 Å². The molecule has 6 heteroatoms. The van der Waals surface area contributed by atoms with Gasteiger partial charge in [0.1, 0.15) is 0 Å². The van der Waals surface area contributed by atoms with Crippen molar-refractivity contribution in [1.82, 2.24) is 4.90 Å². The van der Waals surface area contributed by atoms with Gasteiger partial charge in [0.2, 0.25) is 0 Å². The van der Waals surface area contributed by atoms with Crippen LogP contribution < -0.4 is 4.46 Å². The zero-order valence-corrected chi connectivity index (χ0v) is 21.4. The van der Waals surface area contributed by atoms with Gasteiger partial charge in [-0.1, -0.05) is 0 Å². The van der Waals surface area contributed by atoms with E-state index in [0.29, 0.717) is 13.0 Å². The SMILES string of the molecule is CC[C@H]1CC([Se]c2ccccc2)(C(=O)OCc2ccccc2)C(=O)N2[C@@H]1OC[C@H]2c1ccccc1. The maximum absolute atomic E-state index is 14.4. The first-order valence-corrected chi connectivity index (χ1v) is 13.8. The average Bonchev–Trinajstić information content (AvgIpc) is 3.36. The molecule has 2 saturated heterocycles. The van der Waals surface area contributed by atoms with E-state index in [4.69, 9.17) is 9.47 Å². The molecule has 35 heavy (non-hydrogen) atoms. The molecule has 3 aromatic carbocycles. The summed E-state index contributed by atoms with van der Waals surface area (Å²) < 4.78 is 11.9. The van der Waals surface area contributed by atoms with Gasteiger partial charge in [-0.15, -0.1) is 0 Å². The van der Waals surface area contributed by atoms with Crippen LogP contribution in [-0.2, 0) is 25.7 Å². The van der Waals surface area contributed by atoms with Crippen LogP contribution in [0.3, 0.4) is 0 Å². The Labute approximate surface area is 212 Å². The Morgan fingerprint density at radius 2 is 1.63 bits per heavy atom. The molecule has 1 unspecified atom stereocenters. The summed E-state index contributed by atoms with van der Waals surface area (Å²) in [6.45, 7) is 2.69. The summed E-state index contributed by atoms with van der Waals surface area (Å²) in [5, 5.41) is 0. The Hall–Kier alpha value is -2.92. The summed E-state index contributed by atoms with van der Waals surface area (Å²) in [6, 6.07) is 29.2. The molecular formula is C29H29NO4Se. The second-order valence-corrected chi connectivity index (χ2v) is 11.9. The number of carbonyl (C=O) groups is 2. The zero-order chi connectivity index (χ0) is 24.3. The molecule has 3 aromatic rings. The molecule has 1 amide bonds. The van der Waals surface area contributed by atoms with E-state index in [1.807, 2.05) is 95.9 Å². The summed E-state index contributed by atoms with van der Waals surface area (Å²) >= 11 is -0.443. The molecule has 2 aliphatic rings. The van der Waals surface area contributed by atoms with Gasteiger partial charge >= 0.3 is 213 Å². The van der Waals surface area contributed by atoms with Gasteiger partial charge in [-0.05, 0) is 0 Å². The number of ether oxygens (including phenoxy) is 2. The number of esters is 1. The minimum atomic E-state index is -1.24. The standard InChI is InChI=1S/C29H29NO4Se/c1-2-22-18-29(35-24-16-10-5-11-17-24,28(32)34-19-21-12-6-3-7-13-21)27(31)30-25(20-33-26(22)30)23-14-8-4-9-15-23/h3-17,22,25-26H,2,18-20H2,1H3/t22-,25-,26+,29?/m0/s1.